The number of hydrogen-bond acceptors (Lipinski definition) is 2. The van der Waals surface area contributed by atoms with Crippen LogP contribution < -0.4 is 5.32 Å². The minimum atomic E-state index is 0.137. The SMILES string of the molecule is COCC(CNC(C)(C)C)c1cccc(Br)c1. The first-order valence-corrected chi connectivity index (χ1v) is 6.71. The first kappa shape index (κ1) is 14.7. The van der Waals surface area contributed by atoms with Crippen LogP contribution in [0.1, 0.15) is 32.3 Å². The zero-order chi connectivity index (χ0) is 12.9. The second-order valence-electron chi connectivity index (χ2n) is 5.34. The van der Waals surface area contributed by atoms with Crippen molar-refractivity contribution in [3.8, 4) is 0 Å². The Balaban J connectivity index is 2.71. The van der Waals surface area contributed by atoms with Gasteiger partial charge in [0.05, 0.1) is 6.61 Å². The Morgan fingerprint density at radius 2 is 2.06 bits per heavy atom. The number of nitrogens with one attached hydrogen (secondary N) is 1. The predicted octanol–water partition coefficient (Wildman–Crippen LogP) is 3.57. The Kier molecular flexibility index (Phi) is 5.63. The fourth-order valence-corrected chi connectivity index (χ4v) is 2.08. The molecule has 1 aromatic carbocycles. The lowest BCUT2D eigenvalue weighted by atomic mass is 9.98. The Morgan fingerprint density at radius 3 is 2.59 bits per heavy atom. The van der Waals surface area contributed by atoms with Crippen molar-refractivity contribution in [2.45, 2.75) is 32.2 Å². The van der Waals surface area contributed by atoms with Crippen molar-refractivity contribution >= 4 is 15.9 Å². The quantitative estimate of drug-likeness (QED) is 0.897. The van der Waals surface area contributed by atoms with E-state index in [9.17, 15) is 0 Å². The van der Waals surface area contributed by atoms with Gasteiger partial charge >= 0.3 is 0 Å². The second-order valence-corrected chi connectivity index (χ2v) is 6.25. The molecular formula is C14H22BrNO. The lowest BCUT2D eigenvalue weighted by Crippen LogP contribution is -2.39. The van der Waals surface area contributed by atoms with E-state index in [4.69, 9.17) is 4.74 Å². The van der Waals surface area contributed by atoms with Crippen LogP contribution in [0.2, 0.25) is 0 Å². The Bertz CT molecular complexity index is 346. The van der Waals surface area contributed by atoms with Crippen LogP contribution in [0.25, 0.3) is 0 Å². The molecular weight excluding hydrogens is 278 g/mol. The molecule has 0 saturated carbocycles. The van der Waals surface area contributed by atoms with Crippen LogP contribution in [-0.4, -0.2) is 25.8 Å². The van der Waals surface area contributed by atoms with Crippen molar-refractivity contribution in [3.63, 3.8) is 0 Å². The van der Waals surface area contributed by atoms with Crippen molar-refractivity contribution in [2.24, 2.45) is 0 Å². The smallest absolute Gasteiger partial charge is 0.0543 e. The molecule has 0 heterocycles. The summed E-state index contributed by atoms with van der Waals surface area (Å²) >= 11 is 3.51. The van der Waals surface area contributed by atoms with Crippen molar-refractivity contribution in [1.29, 1.82) is 0 Å². The molecule has 1 unspecified atom stereocenters. The minimum absolute atomic E-state index is 0.137. The molecule has 1 rings (SSSR count). The first-order valence-electron chi connectivity index (χ1n) is 5.92. The maximum atomic E-state index is 5.31. The van der Waals surface area contributed by atoms with Crippen LogP contribution in [-0.2, 0) is 4.74 Å². The van der Waals surface area contributed by atoms with Gasteiger partial charge < -0.3 is 10.1 Å². The highest BCUT2D eigenvalue weighted by Crippen LogP contribution is 2.20. The molecule has 1 aromatic rings. The third-order valence-corrected chi connectivity index (χ3v) is 3.06. The van der Waals surface area contributed by atoms with Gasteiger partial charge in [-0.1, -0.05) is 28.1 Å². The summed E-state index contributed by atoms with van der Waals surface area (Å²) in [4.78, 5) is 0. The largest absolute Gasteiger partial charge is 0.384 e. The van der Waals surface area contributed by atoms with Gasteiger partial charge in [-0.2, -0.15) is 0 Å². The standard InChI is InChI=1S/C14H22BrNO/c1-14(2,3)16-9-12(10-17-4)11-6-5-7-13(15)8-11/h5-8,12,16H,9-10H2,1-4H3. The number of benzene rings is 1. The third kappa shape index (κ3) is 5.66. The molecule has 0 saturated heterocycles. The van der Waals surface area contributed by atoms with E-state index in [-0.39, 0.29) is 5.54 Å². The molecule has 0 bridgehead atoms. The van der Waals surface area contributed by atoms with Crippen molar-refractivity contribution in [1.82, 2.24) is 5.32 Å². The number of methoxy groups -OCH3 is 1. The lowest BCUT2D eigenvalue weighted by molar-refractivity contribution is 0.174. The topological polar surface area (TPSA) is 21.3 Å². The van der Waals surface area contributed by atoms with Gasteiger partial charge in [0.15, 0.2) is 0 Å². The van der Waals surface area contributed by atoms with Gasteiger partial charge in [0.1, 0.15) is 0 Å². The average molecular weight is 300 g/mol. The number of ether oxygens (including phenoxy) is 1. The normalized spacial score (nSPS) is 13.7. The fourth-order valence-electron chi connectivity index (χ4n) is 1.66. The van der Waals surface area contributed by atoms with E-state index in [1.807, 2.05) is 6.07 Å². The molecule has 0 radical (unpaired) electrons. The van der Waals surface area contributed by atoms with Gasteiger partial charge in [-0.25, -0.2) is 0 Å². The van der Waals surface area contributed by atoms with Crippen molar-refractivity contribution < 1.29 is 4.74 Å². The summed E-state index contributed by atoms with van der Waals surface area (Å²) in [6.07, 6.45) is 0. The van der Waals surface area contributed by atoms with Crippen LogP contribution in [0.3, 0.4) is 0 Å². The molecule has 1 atom stereocenters. The molecule has 2 nitrogen and oxygen atoms in total. The molecule has 0 aliphatic heterocycles. The average Bonchev–Trinajstić information content (AvgIpc) is 2.23. The second kappa shape index (κ2) is 6.53. The Morgan fingerprint density at radius 1 is 1.35 bits per heavy atom. The zero-order valence-electron chi connectivity index (χ0n) is 11.1. The molecule has 0 spiro atoms. The summed E-state index contributed by atoms with van der Waals surface area (Å²) in [6, 6.07) is 8.43. The summed E-state index contributed by atoms with van der Waals surface area (Å²) < 4.78 is 6.43. The van der Waals surface area contributed by atoms with Crippen LogP contribution in [0.15, 0.2) is 28.7 Å². The van der Waals surface area contributed by atoms with Gasteiger partial charge in [-0.05, 0) is 38.5 Å². The third-order valence-electron chi connectivity index (χ3n) is 2.57. The minimum Gasteiger partial charge on any atom is -0.384 e. The summed E-state index contributed by atoms with van der Waals surface area (Å²) in [5.74, 6) is 0.386. The van der Waals surface area contributed by atoms with E-state index in [1.54, 1.807) is 7.11 Å². The van der Waals surface area contributed by atoms with E-state index in [2.05, 4.69) is 60.2 Å². The monoisotopic (exact) mass is 299 g/mol. The molecule has 96 valence electrons. The Hall–Kier alpha value is -0.380. The van der Waals surface area contributed by atoms with Crippen LogP contribution in [0.4, 0.5) is 0 Å². The van der Waals surface area contributed by atoms with Gasteiger partial charge in [-0.15, -0.1) is 0 Å². The molecule has 3 heteroatoms. The van der Waals surface area contributed by atoms with Crippen LogP contribution in [0, 0.1) is 0 Å². The van der Waals surface area contributed by atoms with Gasteiger partial charge in [0.25, 0.3) is 0 Å². The predicted molar refractivity (Wildman–Crippen MR) is 76.5 cm³/mol. The molecule has 17 heavy (non-hydrogen) atoms. The highest BCUT2D eigenvalue weighted by atomic mass is 79.9. The number of rotatable bonds is 5. The molecule has 0 amide bonds. The van der Waals surface area contributed by atoms with E-state index >= 15 is 0 Å². The molecule has 0 aromatic heterocycles. The van der Waals surface area contributed by atoms with E-state index in [0.29, 0.717) is 5.92 Å². The van der Waals surface area contributed by atoms with E-state index in [0.717, 1.165) is 17.6 Å². The van der Waals surface area contributed by atoms with Crippen LogP contribution >= 0.6 is 15.9 Å². The van der Waals surface area contributed by atoms with E-state index < -0.39 is 0 Å². The van der Waals surface area contributed by atoms with Gasteiger partial charge in [0, 0.05) is 29.6 Å². The molecule has 0 fully saturated rings. The number of hydrogen-bond donors (Lipinski definition) is 1. The number of halogens is 1. The molecule has 0 aliphatic rings. The summed E-state index contributed by atoms with van der Waals surface area (Å²) in [5.41, 5.74) is 1.44. The zero-order valence-corrected chi connectivity index (χ0v) is 12.7. The summed E-state index contributed by atoms with van der Waals surface area (Å²) in [5, 5.41) is 3.53. The van der Waals surface area contributed by atoms with Crippen molar-refractivity contribution in [2.75, 3.05) is 20.3 Å². The van der Waals surface area contributed by atoms with E-state index in [1.165, 1.54) is 5.56 Å². The molecule has 0 aliphatic carbocycles. The van der Waals surface area contributed by atoms with Gasteiger partial charge in [0.2, 0.25) is 0 Å². The molecule has 1 N–H and O–H groups in total. The highest BCUT2D eigenvalue weighted by molar-refractivity contribution is 9.10. The fraction of sp³-hybridized carbons (Fsp3) is 0.571. The van der Waals surface area contributed by atoms with Gasteiger partial charge in [-0.3, -0.25) is 0 Å². The lowest BCUT2D eigenvalue weighted by Gasteiger charge is -2.25. The summed E-state index contributed by atoms with van der Waals surface area (Å²) in [6.45, 7) is 8.20. The maximum absolute atomic E-state index is 5.31. The summed E-state index contributed by atoms with van der Waals surface area (Å²) in [7, 11) is 1.75. The van der Waals surface area contributed by atoms with Crippen LogP contribution in [0.5, 0.6) is 0 Å². The maximum Gasteiger partial charge on any atom is 0.0543 e. The highest BCUT2D eigenvalue weighted by Gasteiger charge is 2.16. The van der Waals surface area contributed by atoms with Crippen molar-refractivity contribution in [3.05, 3.63) is 34.3 Å². The first-order chi connectivity index (χ1) is 7.92. The Labute approximate surface area is 113 Å².